The molecule has 2 aromatic rings. The van der Waals surface area contributed by atoms with Crippen LogP contribution in [0.4, 0.5) is 17.3 Å². The van der Waals surface area contributed by atoms with Crippen LogP contribution in [0.15, 0.2) is 34.4 Å². The molecule has 2 fully saturated rings. The summed E-state index contributed by atoms with van der Waals surface area (Å²) in [6, 6.07) is 6.27. The first kappa shape index (κ1) is 26.4. The van der Waals surface area contributed by atoms with Crippen molar-refractivity contribution in [2.75, 3.05) is 42.9 Å². The molecular weight excluding hydrogens is 480 g/mol. The Labute approximate surface area is 224 Å². The highest BCUT2D eigenvalue weighted by Crippen LogP contribution is 2.42. The Hall–Kier alpha value is -3.24. The van der Waals surface area contributed by atoms with E-state index in [2.05, 4.69) is 54.7 Å². The van der Waals surface area contributed by atoms with Gasteiger partial charge >= 0.3 is 0 Å². The standard InChI is InChI=1S/C28H40N8O2/c1-19-14-23-26(38)31-18-28(10-6-5-7-11-28)36(23)25(19)33-27(29-4)32-24-9-8-22(15-30-24)35-13-12-34(17-21(3)37)20(2)16-35/h8-9,14-15,20-21,37H,4-7,10-13,16-18H2,1-3H3,(H,31,38)(H,30,32,33)/t20-,21-/m1/s1. The van der Waals surface area contributed by atoms with E-state index in [9.17, 15) is 9.90 Å². The molecule has 3 N–H and O–H groups in total. The molecule has 2 aliphatic heterocycles. The van der Waals surface area contributed by atoms with Crippen molar-refractivity contribution in [3.8, 4) is 0 Å². The monoisotopic (exact) mass is 520 g/mol. The zero-order chi connectivity index (χ0) is 26.9. The van der Waals surface area contributed by atoms with E-state index in [0.29, 0.717) is 36.6 Å². The third kappa shape index (κ3) is 5.19. The van der Waals surface area contributed by atoms with E-state index in [1.807, 2.05) is 32.2 Å². The summed E-state index contributed by atoms with van der Waals surface area (Å²) in [6.45, 7) is 13.8. The number of aliphatic hydroxyl groups excluding tert-OH is 1. The maximum atomic E-state index is 12.7. The third-order valence-corrected chi connectivity index (χ3v) is 8.21. The van der Waals surface area contributed by atoms with Crippen molar-refractivity contribution in [1.82, 2.24) is 19.8 Å². The maximum absolute atomic E-state index is 12.7. The molecule has 0 unspecified atom stereocenters. The summed E-state index contributed by atoms with van der Waals surface area (Å²) in [6.07, 6.45) is 7.11. The number of hydrogen-bond acceptors (Lipinski definition) is 6. The number of carbonyl (C=O) groups is 1. The lowest BCUT2D eigenvalue weighted by Gasteiger charge is -2.43. The molecule has 10 nitrogen and oxygen atoms in total. The summed E-state index contributed by atoms with van der Waals surface area (Å²) < 4.78 is 2.15. The molecule has 5 rings (SSSR count). The molecule has 0 bridgehead atoms. The zero-order valence-electron chi connectivity index (χ0n) is 22.8. The lowest BCUT2D eigenvalue weighted by atomic mass is 9.80. The van der Waals surface area contributed by atoms with Crippen LogP contribution < -0.4 is 15.5 Å². The highest BCUT2D eigenvalue weighted by atomic mass is 16.3. The summed E-state index contributed by atoms with van der Waals surface area (Å²) in [7, 11) is 0. The van der Waals surface area contributed by atoms with Gasteiger partial charge in [-0.05, 0) is 64.1 Å². The molecule has 1 saturated carbocycles. The number of anilines is 2. The average molecular weight is 521 g/mol. The SMILES string of the molecule is C=NC(=Nc1c(C)cc2n1C1(CCCCC1)CNC2=O)Nc1ccc(N2CCN(C[C@@H](C)O)[C@H](C)C2)cn1. The van der Waals surface area contributed by atoms with Crippen molar-refractivity contribution in [3.63, 3.8) is 0 Å². The largest absolute Gasteiger partial charge is 0.392 e. The molecule has 0 aromatic carbocycles. The number of guanidine groups is 1. The van der Waals surface area contributed by atoms with E-state index in [4.69, 9.17) is 4.99 Å². The Morgan fingerprint density at radius 3 is 2.76 bits per heavy atom. The minimum absolute atomic E-state index is 0.0508. The normalized spacial score (nSPS) is 22.6. The van der Waals surface area contributed by atoms with E-state index in [-0.39, 0.29) is 17.6 Å². The minimum atomic E-state index is -0.322. The highest BCUT2D eigenvalue weighted by Gasteiger charge is 2.42. The Morgan fingerprint density at radius 2 is 2.11 bits per heavy atom. The van der Waals surface area contributed by atoms with Gasteiger partial charge in [0.15, 0.2) is 0 Å². The molecule has 10 heteroatoms. The first-order chi connectivity index (χ1) is 18.3. The van der Waals surface area contributed by atoms with Gasteiger partial charge in [-0.1, -0.05) is 19.3 Å². The van der Waals surface area contributed by atoms with Crippen LogP contribution in [-0.4, -0.2) is 83.0 Å². The van der Waals surface area contributed by atoms with Gasteiger partial charge in [0.2, 0.25) is 5.96 Å². The van der Waals surface area contributed by atoms with Gasteiger partial charge in [0, 0.05) is 38.8 Å². The van der Waals surface area contributed by atoms with Crippen molar-refractivity contribution >= 4 is 35.9 Å². The molecule has 0 radical (unpaired) electrons. The van der Waals surface area contributed by atoms with Crippen LogP contribution in [0.1, 0.15) is 62.0 Å². The lowest BCUT2D eigenvalue weighted by molar-refractivity contribution is 0.0830. The summed E-state index contributed by atoms with van der Waals surface area (Å²) in [5, 5.41) is 16.1. The number of hydrogen-bond donors (Lipinski definition) is 3. The number of β-amino-alcohol motifs (C(OH)–C–C–N with tert-alkyl or cyclic N) is 1. The molecule has 204 valence electrons. The number of fused-ring (bicyclic) bond motifs is 2. The quantitative estimate of drug-likeness (QED) is 0.412. The van der Waals surface area contributed by atoms with Crippen molar-refractivity contribution < 1.29 is 9.90 Å². The molecular formula is C28H40N8O2. The number of piperazine rings is 1. The summed E-state index contributed by atoms with van der Waals surface area (Å²) >= 11 is 0. The predicted molar refractivity (Wildman–Crippen MR) is 152 cm³/mol. The zero-order valence-corrected chi connectivity index (χ0v) is 22.8. The fourth-order valence-electron chi connectivity index (χ4n) is 6.24. The first-order valence-electron chi connectivity index (χ1n) is 13.8. The van der Waals surface area contributed by atoms with Crippen LogP contribution in [0.25, 0.3) is 0 Å². The Balaban J connectivity index is 1.34. The van der Waals surface area contributed by atoms with Gasteiger partial charge in [-0.2, -0.15) is 4.99 Å². The molecule has 4 heterocycles. The fraction of sp³-hybridized carbons (Fsp3) is 0.571. The summed E-state index contributed by atoms with van der Waals surface area (Å²) in [4.78, 5) is 31.0. The first-order valence-corrected chi connectivity index (χ1v) is 13.8. The number of nitrogens with one attached hydrogen (secondary N) is 2. The molecule has 1 saturated heterocycles. The molecule has 1 aliphatic carbocycles. The van der Waals surface area contributed by atoms with Crippen molar-refractivity contribution in [2.45, 2.75) is 70.6 Å². The fourth-order valence-corrected chi connectivity index (χ4v) is 6.24. The lowest BCUT2D eigenvalue weighted by Crippen LogP contribution is -2.53. The van der Waals surface area contributed by atoms with Gasteiger partial charge in [-0.15, -0.1) is 0 Å². The van der Waals surface area contributed by atoms with Crippen LogP contribution >= 0.6 is 0 Å². The van der Waals surface area contributed by atoms with Gasteiger partial charge < -0.3 is 25.2 Å². The number of aromatic nitrogens is 2. The molecule has 1 amide bonds. The number of rotatable bonds is 5. The number of aliphatic imine (C=N–C) groups is 2. The number of nitrogens with zero attached hydrogens (tertiary/aromatic N) is 6. The van der Waals surface area contributed by atoms with Crippen molar-refractivity contribution in [3.05, 3.63) is 35.7 Å². The van der Waals surface area contributed by atoms with E-state index < -0.39 is 0 Å². The maximum Gasteiger partial charge on any atom is 0.268 e. The topological polar surface area (TPSA) is 110 Å². The second kappa shape index (κ2) is 10.9. The second-order valence-corrected chi connectivity index (χ2v) is 11.1. The number of aliphatic hydroxyl groups is 1. The van der Waals surface area contributed by atoms with Crippen LogP contribution in [0.5, 0.6) is 0 Å². The number of pyridine rings is 1. The van der Waals surface area contributed by atoms with Gasteiger partial charge in [0.05, 0.1) is 23.5 Å². The van der Waals surface area contributed by atoms with Gasteiger partial charge in [0.1, 0.15) is 17.3 Å². The van der Waals surface area contributed by atoms with Crippen LogP contribution in [-0.2, 0) is 5.54 Å². The Morgan fingerprint density at radius 1 is 1.32 bits per heavy atom. The van der Waals surface area contributed by atoms with Crippen LogP contribution in [0, 0.1) is 6.92 Å². The van der Waals surface area contributed by atoms with Crippen LogP contribution in [0.3, 0.4) is 0 Å². The van der Waals surface area contributed by atoms with Gasteiger partial charge in [-0.25, -0.2) is 9.98 Å². The average Bonchev–Trinajstić information content (AvgIpc) is 3.25. The second-order valence-electron chi connectivity index (χ2n) is 11.1. The van der Waals surface area contributed by atoms with E-state index in [1.54, 1.807) is 0 Å². The molecule has 3 aliphatic rings. The van der Waals surface area contributed by atoms with E-state index in [1.165, 1.54) is 6.42 Å². The third-order valence-electron chi connectivity index (χ3n) is 8.21. The highest BCUT2D eigenvalue weighted by molar-refractivity contribution is 5.99. The molecule has 2 aromatic heterocycles. The summed E-state index contributed by atoms with van der Waals surface area (Å²) in [5.74, 6) is 1.69. The molecule has 1 spiro atoms. The summed E-state index contributed by atoms with van der Waals surface area (Å²) in [5.41, 5.74) is 2.53. The number of aryl methyl sites for hydroxylation is 1. The minimum Gasteiger partial charge on any atom is -0.392 e. The van der Waals surface area contributed by atoms with Crippen molar-refractivity contribution in [1.29, 1.82) is 0 Å². The Kier molecular flexibility index (Phi) is 7.54. The van der Waals surface area contributed by atoms with Crippen LogP contribution in [0.2, 0.25) is 0 Å². The van der Waals surface area contributed by atoms with E-state index >= 15 is 0 Å². The molecule has 38 heavy (non-hydrogen) atoms. The Bertz CT molecular complexity index is 1200. The van der Waals surface area contributed by atoms with Gasteiger partial charge in [-0.3, -0.25) is 9.69 Å². The predicted octanol–water partition coefficient (Wildman–Crippen LogP) is 3.29. The number of carbonyl (C=O) groups excluding carboxylic acids is 1. The smallest absolute Gasteiger partial charge is 0.268 e. The molecule has 2 atom stereocenters. The van der Waals surface area contributed by atoms with E-state index in [0.717, 1.165) is 62.4 Å². The van der Waals surface area contributed by atoms with Gasteiger partial charge in [0.25, 0.3) is 5.91 Å². The number of amides is 1. The van der Waals surface area contributed by atoms with Crippen molar-refractivity contribution in [2.24, 2.45) is 9.98 Å².